The van der Waals surface area contributed by atoms with Crippen LogP contribution in [0.15, 0.2) is 54.6 Å². The van der Waals surface area contributed by atoms with Crippen molar-refractivity contribution in [2.24, 2.45) is 0 Å². The van der Waals surface area contributed by atoms with Crippen molar-refractivity contribution in [1.82, 2.24) is 15.3 Å². The number of nitrogens with one attached hydrogen (secondary N) is 2. The van der Waals surface area contributed by atoms with E-state index in [4.69, 9.17) is 14.2 Å². The standard InChI is InChI=1S/C28H27F2N3O5/c29-19-11-20-26(33-28(32-20)38-23-14-37-22(13-34)27(23)35)25(30)24(19)18-7-3-16(4-8-18)15-1-5-17(6-2-15)21-12-31-9-10-36-21/h1-8,11,21-23,27,31,34-35H,9-10,12-14H2,(H,32,33)/t21?,22-,23-,27?/m1/s1. The molecule has 4 aromatic rings. The van der Waals surface area contributed by atoms with Gasteiger partial charge < -0.3 is 34.7 Å². The number of benzene rings is 3. The molecule has 1 aromatic heterocycles. The number of fused-ring (bicyclic) bond motifs is 1. The van der Waals surface area contributed by atoms with Crippen LogP contribution in [-0.2, 0) is 9.47 Å². The zero-order valence-electron chi connectivity index (χ0n) is 20.4. The number of halogens is 2. The third-order valence-electron chi connectivity index (χ3n) is 7.04. The second-order valence-electron chi connectivity index (χ2n) is 9.45. The molecule has 2 aliphatic rings. The highest BCUT2D eigenvalue weighted by Gasteiger charge is 2.37. The van der Waals surface area contributed by atoms with Crippen molar-refractivity contribution >= 4 is 11.0 Å². The van der Waals surface area contributed by atoms with E-state index in [2.05, 4.69) is 15.3 Å². The summed E-state index contributed by atoms with van der Waals surface area (Å²) in [6.45, 7) is 1.99. The summed E-state index contributed by atoms with van der Waals surface area (Å²) in [4.78, 5) is 6.88. The maximum Gasteiger partial charge on any atom is 0.295 e. The van der Waals surface area contributed by atoms with Crippen molar-refractivity contribution in [3.63, 3.8) is 0 Å². The maximum absolute atomic E-state index is 15.5. The van der Waals surface area contributed by atoms with Crippen molar-refractivity contribution in [1.29, 1.82) is 0 Å². The SMILES string of the molecule is OC[C@H]1OC[C@@H](Oc2nc3c(F)c(-c4ccc(-c5ccc(C6CNCCO6)cc5)cc4)c(F)cc3[nH]2)C1O. The second kappa shape index (κ2) is 10.4. The van der Waals surface area contributed by atoms with Gasteiger partial charge in [-0.1, -0.05) is 48.5 Å². The maximum atomic E-state index is 15.5. The van der Waals surface area contributed by atoms with E-state index >= 15 is 8.78 Å². The minimum atomic E-state index is -1.07. The Kier molecular flexibility index (Phi) is 6.81. The number of rotatable bonds is 6. The molecule has 0 bridgehead atoms. The molecule has 3 heterocycles. The van der Waals surface area contributed by atoms with Gasteiger partial charge in [-0.05, 0) is 22.3 Å². The molecule has 6 rings (SSSR count). The Balaban J connectivity index is 1.23. The predicted molar refractivity (Wildman–Crippen MR) is 136 cm³/mol. The highest BCUT2D eigenvalue weighted by molar-refractivity contribution is 5.84. The van der Waals surface area contributed by atoms with E-state index in [-0.39, 0.29) is 41.9 Å². The molecule has 0 spiro atoms. The number of aliphatic hydroxyl groups excluding tert-OH is 2. The second-order valence-corrected chi connectivity index (χ2v) is 9.45. The molecule has 8 nitrogen and oxygen atoms in total. The van der Waals surface area contributed by atoms with Crippen LogP contribution in [0, 0.1) is 11.6 Å². The quantitative estimate of drug-likeness (QED) is 0.307. The molecule has 0 aliphatic carbocycles. The monoisotopic (exact) mass is 523 g/mol. The number of ether oxygens (including phenoxy) is 3. The molecular weight excluding hydrogens is 496 g/mol. The van der Waals surface area contributed by atoms with Crippen LogP contribution in [0.5, 0.6) is 6.01 Å². The molecule has 2 fully saturated rings. The van der Waals surface area contributed by atoms with Crippen LogP contribution in [-0.4, -0.2) is 71.4 Å². The van der Waals surface area contributed by atoms with Gasteiger partial charge in [0.25, 0.3) is 6.01 Å². The van der Waals surface area contributed by atoms with Crippen LogP contribution in [0.2, 0.25) is 0 Å². The van der Waals surface area contributed by atoms with Crippen LogP contribution in [0.25, 0.3) is 33.3 Å². The number of hydrogen-bond acceptors (Lipinski definition) is 7. The van der Waals surface area contributed by atoms with E-state index in [0.717, 1.165) is 29.8 Å². The van der Waals surface area contributed by atoms with E-state index in [9.17, 15) is 10.2 Å². The molecular formula is C28H27F2N3O5. The lowest BCUT2D eigenvalue weighted by Crippen LogP contribution is -2.36. The zero-order valence-corrected chi connectivity index (χ0v) is 20.4. The summed E-state index contributed by atoms with van der Waals surface area (Å²) in [5.74, 6) is -1.56. The Labute approximate surface area is 217 Å². The lowest BCUT2D eigenvalue weighted by Gasteiger charge is -2.24. The Bertz CT molecular complexity index is 1420. The zero-order chi connectivity index (χ0) is 26.2. The molecule has 0 amide bonds. The van der Waals surface area contributed by atoms with Crippen molar-refractivity contribution in [2.75, 3.05) is 32.9 Å². The van der Waals surface area contributed by atoms with Crippen molar-refractivity contribution in [3.8, 4) is 28.3 Å². The van der Waals surface area contributed by atoms with Crippen molar-refractivity contribution < 1.29 is 33.2 Å². The van der Waals surface area contributed by atoms with Gasteiger partial charge in [-0.3, -0.25) is 0 Å². The Morgan fingerprint density at radius 1 is 1.00 bits per heavy atom. The Morgan fingerprint density at radius 3 is 2.37 bits per heavy atom. The molecule has 2 aliphatic heterocycles. The molecule has 2 saturated heterocycles. The summed E-state index contributed by atoms with van der Waals surface area (Å²) < 4.78 is 47.2. The molecule has 198 valence electrons. The van der Waals surface area contributed by atoms with Gasteiger partial charge in [0.15, 0.2) is 11.9 Å². The van der Waals surface area contributed by atoms with Crippen LogP contribution >= 0.6 is 0 Å². The molecule has 4 atom stereocenters. The number of morpholine rings is 1. The number of H-pyrrole nitrogens is 1. The van der Waals surface area contributed by atoms with Gasteiger partial charge in [0.1, 0.15) is 23.5 Å². The predicted octanol–water partition coefficient (Wildman–Crippen LogP) is 3.34. The first kappa shape index (κ1) is 24.9. The molecule has 2 unspecified atom stereocenters. The van der Waals surface area contributed by atoms with E-state index in [0.29, 0.717) is 12.2 Å². The molecule has 38 heavy (non-hydrogen) atoms. The topological polar surface area (TPSA) is 109 Å². The van der Waals surface area contributed by atoms with Crippen LogP contribution in [0.1, 0.15) is 11.7 Å². The van der Waals surface area contributed by atoms with E-state index in [1.54, 1.807) is 12.1 Å². The van der Waals surface area contributed by atoms with E-state index < -0.39 is 29.9 Å². The van der Waals surface area contributed by atoms with Gasteiger partial charge >= 0.3 is 0 Å². The summed E-state index contributed by atoms with van der Waals surface area (Å²) in [6.07, 6.45) is -2.61. The fraction of sp³-hybridized carbons (Fsp3) is 0.321. The van der Waals surface area contributed by atoms with E-state index in [1.165, 1.54) is 6.07 Å². The summed E-state index contributed by atoms with van der Waals surface area (Å²) in [6, 6.07) is 16.2. The normalized spacial score (nSPS) is 23.7. The first-order chi connectivity index (χ1) is 18.5. The Morgan fingerprint density at radius 2 is 1.71 bits per heavy atom. The average molecular weight is 524 g/mol. The third kappa shape index (κ3) is 4.65. The molecule has 4 N–H and O–H groups in total. The largest absolute Gasteiger partial charge is 0.456 e. The van der Waals surface area contributed by atoms with Gasteiger partial charge in [0, 0.05) is 19.2 Å². The summed E-state index contributed by atoms with van der Waals surface area (Å²) in [5.41, 5.74) is 3.22. The lowest BCUT2D eigenvalue weighted by molar-refractivity contribution is -0.00390. The van der Waals surface area contributed by atoms with Gasteiger partial charge in [-0.2, -0.15) is 4.98 Å². The number of aromatic nitrogens is 2. The fourth-order valence-electron chi connectivity index (χ4n) is 4.94. The number of imidazole rings is 1. The number of aromatic amines is 1. The first-order valence-electron chi connectivity index (χ1n) is 12.5. The highest BCUT2D eigenvalue weighted by Crippen LogP contribution is 2.34. The van der Waals surface area contributed by atoms with Gasteiger partial charge in [0.05, 0.1) is 37.0 Å². The number of hydrogen-bond donors (Lipinski definition) is 4. The average Bonchev–Trinajstić information content (AvgIpc) is 3.52. The summed E-state index contributed by atoms with van der Waals surface area (Å²) in [5, 5.41) is 22.7. The van der Waals surface area contributed by atoms with Crippen molar-refractivity contribution in [2.45, 2.75) is 24.4 Å². The molecule has 0 saturated carbocycles. The molecule has 0 radical (unpaired) electrons. The van der Waals surface area contributed by atoms with Crippen LogP contribution < -0.4 is 10.1 Å². The van der Waals surface area contributed by atoms with Gasteiger partial charge in [-0.25, -0.2) is 8.78 Å². The minimum absolute atomic E-state index is 0.0306. The third-order valence-corrected chi connectivity index (χ3v) is 7.04. The minimum Gasteiger partial charge on any atom is -0.456 e. The first-order valence-corrected chi connectivity index (χ1v) is 12.5. The van der Waals surface area contributed by atoms with Gasteiger partial charge in [0.2, 0.25) is 0 Å². The molecule has 10 heteroatoms. The highest BCUT2D eigenvalue weighted by atomic mass is 19.1. The summed E-state index contributed by atoms with van der Waals surface area (Å²) >= 11 is 0. The Hall–Kier alpha value is -3.41. The van der Waals surface area contributed by atoms with Crippen molar-refractivity contribution in [3.05, 3.63) is 71.8 Å². The van der Waals surface area contributed by atoms with Crippen LogP contribution in [0.4, 0.5) is 8.78 Å². The summed E-state index contributed by atoms with van der Waals surface area (Å²) in [7, 11) is 0. The lowest BCUT2D eigenvalue weighted by atomic mass is 9.98. The number of aliphatic hydroxyl groups is 2. The van der Waals surface area contributed by atoms with Crippen LogP contribution in [0.3, 0.4) is 0 Å². The van der Waals surface area contributed by atoms with E-state index in [1.807, 2.05) is 36.4 Å². The van der Waals surface area contributed by atoms with Gasteiger partial charge in [-0.15, -0.1) is 0 Å². The smallest absolute Gasteiger partial charge is 0.295 e. The number of nitrogens with zero attached hydrogens (tertiary/aromatic N) is 1. The fourth-order valence-corrected chi connectivity index (χ4v) is 4.94. The molecule has 3 aromatic carbocycles.